The normalized spacial score (nSPS) is 14.4. The molecular formula is C40H73O10P. The van der Waals surface area contributed by atoms with E-state index in [1.807, 2.05) is 0 Å². The van der Waals surface area contributed by atoms with Gasteiger partial charge in [0, 0.05) is 12.8 Å². The predicted molar refractivity (Wildman–Crippen MR) is 205 cm³/mol. The number of esters is 2. The largest absolute Gasteiger partial charge is 0.472 e. The van der Waals surface area contributed by atoms with Gasteiger partial charge in [-0.3, -0.25) is 18.6 Å². The van der Waals surface area contributed by atoms with Crippen LogP contribution in [0.3, 0.4) is 0 Å². The van der Waals surface area contributed by atoms with Gasteiger partial charge in [0.15, 0.2) is 0 Å². The third-order valence-corrected chi connectivity index (χ3v) is 9.32. The van der Waals surface area contributed by atoms with Gasteiger partial charge in [-0.1, -0.05) is 147 Å². The first-order chi connectivity index (χ1) is 24.8. The zero-order valence-corrected chi connectivity index (χ0v) is 33.0. The SMILES string of the molecule is CC/C=C\C/C=C\C/C=C\CCCCCCCC(=O)OC(CO)COP(=O)(O)OCC(CO)OC(=O)CCCCCCCCCCCCCCC. The van der Waals surface area contributed by atoms with Crippen LogP contribution in [0.15, 0.2) is 36.5 Å². The first-order valence-corrected chi connectivity index (χ1v) is 21.4. The Morgan fingerprint density at radius 2 is 0.922 bits per heavy atom. The summed E-state index contributed by atoms with van der Waals surface area (Å²) in [5.74, 6) is -1.03. The Bertz CT molecular complexity index is 952. The van der Waals surface area contributed by atoms with Crippen molar-refractivity contribution >= 4 is 19.8 Å². The van der Waals surface area contributed by atoms with Gasteiger partial charge >= 0.3 is 19.8 Å². The van der Waals surface area contributed by atoms with Gasteiger partial charge in [-0.15, -0.1) is 0 Å². The molecule has 0 amide bonds. The fraction of sp³-hybridized carbons (Fsp3) is 0.800. The first-order valence-electron chi connectivity index (χ1n) is 19.9. The molecule has 0 aliphatic rings. The summed E-state index contributed by atoms with van der Waals surface area (Å²) in [7, 11) is -4.63. The van der Waals surface area contributed by atoms with E-state index in [1.54, 1.807) is 0 Å². The van der Waals surface area contributed by atoms with E-state index in [9.17, 15) is 29.3 Å². The van der Waals surface area contributed by atoms with Gasteiger partial charge < -0.3 is 24.6 Å². The molecule has 0 aliphatic heterocycles. The molecule has 10 nitrogen and oxygen atoms in total. The lowest BCUT2D eigenvalue weighted by molar-refractivity contribution is -0.153. The Balaban J connectivity index is 3.98. The number of aliphatic hydroxyl groups excluding tert-OH is 2. The zero-order valence-electron chi connectivity index (χ0n) is 32.1. The molecule has 0 aromatic carbocycles. The molecule has 0 rings (SSSR count). The second kappa shape index (κ2) is 36.5. The third-order valence-electron chi connectivity index (χ3n) is 8.37. The van der Waals surface area contributed by atoms with Gasteiger partial charge in [0.25, 0.3) is 0 Å². The first kappa shape index (κ1) is 49.2. The third kappa shape index (κ3) is 35.0. The van der Waals surface area contributed by atoms with Crippen LogP contribution < -0.4 is 0 Å². The van der Waals surface area contributed by atoms with Gasteiger partial charge in [0.2, 0.25) is 0 Å². The number of unbranched alkanes of at least 4 members (excludes halogenated alkanes) is 17. The van der Waals surface area contributed by atoms with Crippen LogP contribution in [0.4, 0.5) is 0 Å². The van der Waals surface area contributed by atoms with Gasteiger partial charge in [-0.05, 0) is 44.9 Å². The number of allylic oxidation sites excluding steroid dienone is 6. The van der Waals surface area contributed by atoms with Crippen molar-refractivity contribution < 1.29 is 47.8 Å². The summed E-state index contributed by atoms with van der Waals surface area (Å²) >= 11 is 0. The Kier molecular flexibility index (Phi) is 35.2. The molecule has 0 heterocycles. The van der Waals surface area contributed by atoms with E-state index in [1.165, 1.54) is 57.8 Å². The predicted octanol–water partition coefficient (Wildman–Crippen LogP) is 10.00. The summed E-state index contributed by atoms with van der Waals surface area (Å²) in [5.41, 5.74) is 0. The van der Waals surface area contributed by atoms with Crippen molar-refractivity contribution in [2.75, 3.05) is 26.4 Å². The highest BCUT2D eigenvalue weighted by Crippen LogP contribution is 2.43. The lowest BCUT2D eigenvalue weighted by Gasteiger charge is -2.20. The van der Waals surface area contributed by atoms with Crippen LogP contribution in [0, 0.1) is 0 Å². The van der Waals surface area contributed by atoms with Gasteiger partial charge in [0.1, 0.15) is 12.2 Å². The minimum absolute atomic E-state index is 0.173. The molecule has 0 radical (unpaired) electrons. The number of carbonyl (C=O) groups is 2. The van der Waals surface area contributed by atoms with Gasteiger partial charge in [-0.25, -0.2) is 4.57 Å². The molecule has 298 valence electrons. The van der Waals surface area contributed by atoms with Crippen molar-refractivity contribution in [1.82, 2.24) is 0 Å². The molecule has 11 heteroatoms. The molecular weight excluding hydrogens is 671 g/mol. The van der Waals surface area contributed by atoms with Crippen LogP contribution >= 0.6 is 7.82 Å². The number of hydrogen-bond acceptors (Lipinski definition) is 9. The monoisotopic (exact) mass is 744 g/mol. The zero-order chi connectivity index (χ0) is 37.7. The summed E-state index contributed by atoms with van der Waals surface area (Å²) in [4.78, 5) is 34.4. The molecule has 0 bridgehead atoms. The lowest BCUT2D eigenvalue weighted by atomic mass is 10.0. The molecule has 0 saturated heterocycles. The Morgan fingerprint density at radius 3 is 1.33 bits per heavy atom. The Hall–Kier alpha value is -1.81. The van der Waals surface area contributed by atoms with E-state index in [0.29, 0.717) is 12.8 Å². The highest BCUT2D eigenvalue weighted by molar-refractivity contribution is 7.47. The van der Waals surface area contributed by atoms with Crippen LogP contribution in [0.5, 0.6) is 0 Å². The topological polar surface area (TPSA) is 149 Å². The number of rotatable bonds is 37. The number of phosphoric ester groups is 1. The number of hydrogen-bond donors (Lipinski definition) is 3. The van der Waals surface area contributed by atoms with Gasteiger partial charge in [-0.2, -0.15) is 0 Å². The van der Waals surface area contributed by atoms with Crippen molar-refractivity contribution in [3.63, 3.8) is 0 Å². The van der Waals surface area contributed by atoms with Crippen LogP contribution in [0.25, 0.3) is 0 Å². The molecule has 0 aliphatic carbocycles. The van der Waals surface area contributed by atoms with Crippen molar-refractivity contribution in [3.8, 4) is 0 Å². The smallest absolute Gasteiger partial charge is 0.457 e. The van der Waals surface area contributed by atoms with Crippen LogP contribution in [-0.4, -0.2) is 65.7 Å². The summed E-state index contributed by atoms with van der Waals surface area (Å²) in [6.07, 6.45) is 35.5. The quantitative estimate of drug-likeness (QED) is 0.0243. The number of carbonyl (C=O) groups excluding carboxylic acids is 2. The molecule has 0 fully saturated rings. The number of phosphoric acid groups is 1. The molecule has 0 saturated carbocycles. The van der Waals surface area contributed by atoms with E-state index >= 15 is 0 Å². The van der Waals surface area contributed by atoms with Crippen molar-refractivity contribution in [1.29, 1.82) is 0 Å². The summed E-state index contributed by atoms with van der Waals surface area (Å²) in [6.45, 7) is 2.07. The van der Waals surface area contributed by atoms with Crippen LogP contribution in [-0.2, 0) is 32.7 Å². The van der Waals surface area contributed by atoms with E-state index in [4.69, 9.17) is 18.5 Å². The highest BCUT2D eigenvalue weighted by atomic mass is 31.2. The van der Waals surface area contributed by atoms with E-state index in [2.05, 4.69) is 50.3 Å². The highest BCUT2D eigenvalue weighted by Gasteiger charge is 2.27. The van der Waals surface area contributed by atoms with E-state index < -0.39 is 58.4 Å². The molecule has 0 aromatic rings. The molecule has 3 unspecified atom stereocenters. The number of aliphatic hydroxyl groups is 2. The summed E-state index contributed by atoms with van der Waals surface area (Å²) < 4.78 is 32.5. The average molecular weight is 745 g/mol. The fourth-order valence-electron chi connectivity index (χ4n) is 5.31. The molecule has 3 N–H and O–H groups in total. The van der Waals surface area contributed by atoms with Crippen molar-refractivity contribution in [3.05, 3.63) is 36.5 Å². The molecule has 0 spiro atoms. The van der Waals surface area contributed by atoms with Crippen LogP contribution in [0.2, 0.25) is 0 Å². The second-order valence-corrected chi connectivity index (χ2v) is 14.7. The standard InChI is InChI=1S/C40H73O10P/c1-3-5-7-9-11-13-15-17-18-20-22-24-26-28-30-32-40(44)50-38(34-42)36-48-51(45,46)47-35-37(33-41)49-39(43)31-29-27-25-23-21-19-16-14-12-10-8-6-4-2/h5,7,11,13,17-18,37-38,41-42H,3-4,6,8-10,12,14-16,19-36H2,1-2H3,(H,45,46)/b7-5-,13-11-,18-17-. The van der Waals surface area contributed by atoms with Crippen molar-refractivity contribution in [2.45, 2.75) is 180 Å². The lowest BCUT2D eigenvalue weighted by Crippen LogP contribution is -2.28. The Labute approximate surface area is 310 Å². The summed E-state index contributed by atoms with van der Waals surface area (Å²) in [6, 6.07) is 0. The Morgan fingerprint density at radius 1 is 0.549 bits per heavy atom. The maximum absolute atomic E-state index is 12.3. The van der Waals surface area contributed by atoms with E-state index in [-0.39, 0.29) is 12.8 Å². The maximum atomic E-state index is 12.3. The molecule has 51 heavy (non-hydrogen) atoms. The van der Waals surface area contributed by atoms with Crippen molar-refractivity contribution in [2.24, 2.45) is 0 Å². The van der Waals surface area contributed by atoms with E-state index in [0.717, 1.165) is 70.6 Å². The summed E-state index contributed by atoms with van der Waals surface area (Å²) in [5, 5.41) is 19.1. The molecule has 3 atom stereocenters. The fourth-order valence-corrected chi connectivity index (χ4v) is 6.09. The second-order valence-electron chi connectivity index (χ2n) is 13.2. The molecule has 0 aromatic heterocycles. The van der Waals surface area contributed by atoms with Gasteiger partial charge in [0.05, 0.1) is 26.4 Å². The minimum Gasteiger partial charge on any atom is -0.457 e. The average Bonchev–Trinajstić information content (AvgIpc) is 3.12. The van der Waals surface area contributed by atoms with Crippen LogP contribution in [0.1, 0.15) is 168 Å². The minimum atomic E-state index is -4.63. The number of ether oxygens (including phenoxy) is 2. The maximum Gasteiger partial charge on any atom is 0.472 e.